The Balaban J connectivity index is 2.21. The van der Waals surface area contributed by atoms with Crippen molar-refractivity contribution in [2.45, 2.75) is 26.2 Å². The number of aliphatic hydroxyl groups is 1. The predicted molar refractivity (Wildman–Crippen MR) is 101 cm³/mol. The van der Waals surface area contributed by atoms with Crippen LogP contribution in [-0.4, -0.2) is 33.6 Å². The molecule has 1 atom stereocenters. The first-order valence-corrected chi connectivity index (χ1v) is 9.23. The molecule has 1 aliphatic heterocycles. The summed E-state index contributed by atoms with van der Waals surface area (Å²) in [6.07, 6.45) is 0.327. The third-order valence-corrected chi connectivity index (χ3v) is 5.16. The van der Waals surface area contributed by atoms with Crippen LogP contribution in [0.1, 0.15) is 36.6 Å². The highest BCUT2D eigenvalue weighted by Gasteiger charge is 2.37. The van der Waals surface area contributed by atoms with E-state index in [-0.39, 0.29) is 18.9 Å². The summed E-state index contributed by atoms with van der Waals surface area (Å²) in [5.41, 5.74) is 2.98. The molecule has 2 heterocycles. The van der Waals surface area contributed by atoms with Crippen LogP contribution in [-0.2, 0) is 16.0 Å². The minimum atomic E-state index is -0.555. The standard InChI is InChI=1S/C18H19N3O5S/c1-3-26-18(23)14-10(2)19-17-16(13(7-8-22)20-27-17)15(14)11-5-4-6-12(9-11)21(24)25/h4-6,9,15,19,22H,3,7-8H2,1-2H3. The molecule has 0 amide bonds. The lowest BCUT2D eigenvalue weighted by Gasteiger charge is -2.28. The molecular weight excluding hydrogens is 370 g/mol. The van der Waals surface area contributed by atoms with Gasteiger partial charge in [0.2, 0.25) is 0 Å². The van der Waals surface area contributed by atoms with Crippen molar-refractivity contribution in [1.29, 1.82) is 0 Å². The molecule has 0 saturated heterocycles. The number of nitro groups is 1. The quantitative estimate of drug-likeness (QED) is 0.443. The third-order valence-electron chi connectivity index (χ3n) is 4.34. The smallest absolute Gasteiger partial charge is 0.336 e. The summed E-state index contributed by atoms with van der Waals surface area (Å²) in [6, 6.07) is 6.22. The van der Waals surface area contributed by atoms with Crippen molar-refractivity contribution in [2.75, 3.05) is 18.5 Å². The second kappa shape index (κ2) is 7.85. The van der Waals surface area contributed by atoms with Gasteiger partial charge in [0.15, 0.2) is 0 Å². The van der Waals surface area contributed by atoms with E-state index in [0.29, 0.717) is 28.9 Å². The highest BCUT2D eigenvalue weighted by atomic mass is 32.1. The average Bonchev–Trinajstić information content (AvgIpc) is 3.03. The molecule has 1 aliphatic rings. The molecule has 2 aromatic rings. The molecule has 3 rings (SSSR count). The van der Waals surface area contributed by atoms with Gasteiger partial charge in [-0.05, 0) is 30.9 Å². The van der Waals surface area contributed by atoms with Crippen molar-refractivity contribution in [3.05, 3.63) is 62.5 Å². The van der Waals surface area contributed by atoms with Gasteiger partial charge in [-0.15, -0.1) is 0 Å². The largest absolute Gasteiger partial charge is 0.463 e. The average molecular weight is 389 g/mol. The third kappa shape index (κ3) is 3.56. The van der Waals surface area contributed by atoms with E-state index in [1.165, 1.54) is 23.7 Å². The van der Waals surface area contributed by atoms with Gasteiger partial charge in [-0.25, -0.2) is 4.79 Å². The minimum absolute atomic E-state index is 0.0552. The number of anilines is 1. The highest BCUT2D eigenvalue weighted by molar-refractivity contribution is 7.10. The van der Waals surface area contributed by atoms with Crippen molar-refractivity contribution < 1.29 is 19.6 Å². The van der Waals surface area contributed by atoms with Crippen LogP contribution < -0.4 is 5.32 Å². The van der Waals surface area contributed by atoms with E-state index in [0.717, 1.165) is 10.6 Å². The van der Waals surface area contributed by atoms with E-state index in [1.807, 2.05) is 0 Å². The van der Waals surface area contributed by atoms with Gasteiger partial charge < -0.3 is 15.2 Å². The number of carbonyl (C=O) groups is 1. The number of hydrogen-bond acceptors (Lipinski definition) is 8. The van der Waals surface area contributed by atoms with E-state index >= 15 is 0 Å². The fourth-order valence-electron chi connectivity index (χ4n) is 3.23. The molecule has 9 heteroatoms. The molecule has 27 heavy (non-hydrogen) atoms. The maximum absolute atomic E-state index is 12.7. The zero-order valence-electron chi connectivity index (χ0n) is 14.9. The molecule has 0 fully saturated rings. The number of fused-ring (bicyclic) bond motifs is 1. The van der Waals surface area contributed by atoms with E-state index < -0.39 is 16.8 Å². The van der Waals surface area contributed by atoms with Crippen molar-refractivity contribution in [3.8, 4) is 0 Å². The Morgan fingerprint density at radius 1 is 1.48 bits per heavy atom. The molecule has 0 radical (unpaired) electrons. The maximum Gasteiger partial charge on any atom is 0.336 e. The summed E-state index contributed by atoms with van der Waals surface area (Å²) in [4.78, 5) is 23.5. The number of hydrogen-bond donors (Lipinski definition) is 2. The van der Waals surface area contributed by atoms with E-state index in [4.69, 9.17) is 4.74 Å². The van der Waals surface area contributed by atoms with Crippen LogP contribution >= 0.6 is 11.5 Å². The van der Waals surface area contributed by atoms with Gasteiger partial charge in [-0.1, -0.05) is 12.1 Å². The number of non-ortho nitro benzene ring substituents is 1. The number of nitro benzene ring substituents is 1. The molecule has 1 aromatic heterocycles. The van der Waals surface area contributed by atoms with Gasteiger partial charge in [0.1, 0.15) is 5.00 Å². The molecule has 1 aromatic carbocycles. The number of nitrogens with one attached hydrogen (secondary N) is 1. The van der Waals surface area contributed by atoms with E-state index in [1.54, 1.807) is 26.0 Å². The second-order valence-corrected chi connectivity index (χ2v) is 6.79. The van der Waals surface area contributed by atoms with Crippen molar-refractivity contribution in [3.63, 3.8) is 0 Å². The Morgan fingerprint density at radius 3 is 2.93 bits per heavy atom. The van der Waals surface area contributed by atoms with Gasteiger partial charge in [0.05, 0.1) is 22.8 Å². The second-order valence-electron chi connectivity index (χ2n) is 6.01. The molecule has 1 unspecified atom stereocenters. The number of nitrogens with zero attached hydrogens (tertiary/aromatic N) is 2. The molecule has 2 N–H and O–H groups in total. The SMILES string of the molecule is CCOC(=O)C1=C(C)Nc2snc(CCO)c2C1c1cccc([N+](=O)[O-])c1. The number of allylic oxidation sites excluding steroid dienone is 1. The van der Waals surface area contributed by atoms with Crippen LogP contribution in [0.3, 0.4) is 0 Å². The molecule has 0 saturated carbocycles. The number of aliphatic hydroxyl groups excluding tert-OH is 1. The summed E-state index contributed by atoms with van der Waals surface area (Å²) in [6.45, 7) is 3.62. The Hall–Kier alpha value is -2.78. The van der Waals surface area contributed by atoms with Gasteiger partial charge >= 0.3 is 5.97 Å². The Bertz CT molecular complexity index is 921. The predicted octanol–water partition coefficient (Wildman–Crippen LogP) is 2.98. The summed E-state index contributed by atoms with van der Waals surface area (Å²) in [5.74, 6) is -1.04. The summed E-state index contributed by atoms with van der Waals surface area (Å²) >= 11 is 1.24. The van der Waals surface area contributed by atoms with Crippen LogP contribution in [0.15, 0.2) is 35.5 Å². The molecule has 0 bridgehead atoms. The Morgan fingerprint density at radius 2 is 2.26 bits per heavy atom. The Kier molecular flexibility index (Phi) is 5.52. The van der Waals surface area contributed by atoms with Gasteiger partial charge in [0, 0.05) is 42.3 Å². The van der Waals surface area contributed by atoms with Crippen LogP contribution in [0.5, 0.6) is 0 Å². The monoisotopic (exact) mass is 389 g/mol. The number of rotatable bonds is 6. The number of aromatic nitrogens is 1. The highest BCUT2D eigenvalue weighted by Crippen LogP contribution is 2.46. The van der Waals surface area contributed by atoms with Crippen LogP contribution in [0.4, 0.5) is 10.7 Å². The molecule has 142 valence electrons. The lowest BCUT2D eigenvalue weighted by molar-refractivity contribution is -0.384. The summed E-state index contributed by atoms with van der Waals surface area (Å²) < 4.78 is 9.64. The summed E-state index contributed by atoms with van der Waals surface area (Å²) in [5, 5.41) is 24.6. The first kappa shape index (κ1) is 19.0. The zero-order valence-corrected chi connectivity index (χ0v) is 15.7. The van der Waals surface area contributed by atoms with Gasteiger partial charge in [0.25, 0.3) is 5.69 Å². The first-order valence-electron chi connectivity index (χ1n) is 8.46. The normalized spacial score (nSPS) is 15.9. The van der Waals surface area contributed by atoms with Crippen LogP contribution in [0, 0.1) is 10.1 Å². The fraction of sp³-hybridized carbons (Fsp3) is 0.333. The van der Waals surface area contributed by atoms with Crippen molar-refractivity contribution in [1.82, 2.24) is 4.37 Å². The number of benzene rings is 1. The number of esters is 1. The van der Waals surface area contributed by atoms with Crippen molar-refractivity contribution in [2.24, 2.45) is 0 Å². The zero-order chi connectivity index (χ0) is 19.6. The summed E-state index contributed by atoms with van der Waals surface area (Å²) in [7, 11) is 0. The Labute approximate surface area is 159 Å². The lowest BCUT2D eigenvalue weighted by atomic mass is 9.81. The number of ether oxygens (including phenoxy) is 1. The van der Waals surface area contributed by atoms with E-state index in [9.17, 15) is 20.0 Å². The van der Waals surface area contributed by atoms with Crippen molar-refractivity contribution >= 4 is 28.2 Å². The van der Waals surface area contributed by atoms with Crippen LogP contribution in [0.25, 0.3) is 0 Å². The molecule has 8 nitrogen and oxygen atoms in total. The van der Waals surface area contributed by atoms with Gasteiger partial charge in [-0.2, -0.15) is 4.37 Å². The molecule has 0 spiro atoms. The molecule has 0 aliphatic carbocycles. The fourth-order valence-corrected chi connectivity index (χ4v) is 4.16. The maximum atomic E-state index is 12.7. The lowest BCUT2D eigenvalue weighted by Crippen LogP contribution is -2.24. The first-order chi connectivity index (χ1) is 13.0. The topological polar surface area (TPSA) is 115 Å². The number of carbonyl (C=O) groups excluding carboxylic acids is 1. The van der Waals surface area contributed by atoms with Gasteiger partial charge in [-0.3, -0.25) is 10.1 Å². The molecular formula is C18H19N3O5S. The minimum Gasteiger partial charge on any atom is -0.463 e. The van der Waals surface area contributed by atoms with Crippen LogP contribution in [0.2, 0.25) is 0 Å². The van der Waals surface area contributed by atoms with E-state index in [2.05, 4.69) is 9.69 Å².